The monoisotopic (exact) mass is 358 g/mol. The van der Waals surface area contributed by atoms with Crippen LogP contribution in [0.25, 0.3) is 10.6 Å². The number of aryl methyl sites for hydroxylation is 1. The van der Waals surface area contributed by atoms with Crippen molar-refractivity contribution in [2.75, 3.05) is 13.1 Å². The minimum Gasteiger partial charge on any atom is -0.337 e. The van der Waals surface area contributed by atoms with Crippen molar-refractivity contribution in [3.63, 3.8) is 0 Å². The number of carbonyl (C=O) groups is 1. The molecule has 5 heteroatoms. The summed E-state index contributed by atoms with van der Waals surface area (Å²) in [5.41, 5.74) is 2.31. The van der Waals surface area contributed by atoms with E-state index in [2.05, 4.69) is 38.9 Å². The number of piperidine rings is 1. The molecule has 3 nitrogen and oxygen atoms in total. The first-order valence-electron chi connectivity index (χ1n) is 8.61. The number of allylic oxidation sites excluding steroid dienone is 2. The molecular formula is C19H22N2OS2. The number of likely N-dealkylation sites (tertiary alicyclic amines) is 1. The van der Waals surface area contributed by atoms with E-state index in [9.17, 15) is 4.79 Å². The average molecular weight is 359 g/mol. The zero-order valence-electron chi connectivity index (χ0n) is 14.0. The van der Waals surface area contributed by atoms with Crippen LogP contribution in [0.2, 0.25) is 0 Å². The van der Waals surface area contributed by atoms with Gasteiger partial charge in [-0.3, -0.25) is 4.79 Å². The van der Waals surface area contributed by atoms with Gasteiger partial charge in [-0.25, -0.2) is 4.98 Å². The Morgan fingerprint density at radius 1 is 1.33 bits per heavy atom. The number of aromatic nitrogens is 1. The number of carbonyl (C=O) groups excluding carboxylic acids is 1. The lowest BCUT2D eigenvalue weighted by Crippen LogP contribution is -2.46. The Labute approximate surface area is 151 Å². The molecule has 2 aromatic rings. The first-order valence-corrected chi connectivity index (χ1v) is 10.4. The van der Waals surface area contributed by atoms with Gasteiger partial charge in [-0.15, -0.1) is 11.3 Å². The third-order valence-electron chi connectivity index (χ3n) is 5.27. The van der Waals surface area contributed by atoms with E-state index in [1.807, 2.05) is 6.92 Å². The van der Waals surface area contributed by atoms with Gasteiger partial charge in [0.2, 0.25) is 0 Å². The molecule has 1 saturated heterocycles. The molecule has 1 unspecified atom stereocenters. The van der Waals surface area contributed by atoms with Crippen LogP contribution < -0.4 is 0 Å². The lowest BCUT2D eigenvalue weighted by Gasteiger charge is -2.43. The van der Waals surface area contributed by atoms with Gasteiger partial charge < -0.3 is 4.90 Å². The topological polar surface area (TPSA) is 33.2 Å². The van der Waals surface area contributed by atoms with Gasteiger partial charge in [0.1, 0.15) is 9.88 Å². The third kappa shape index (κ3) is 2.95. The summed E-state index contributed by atoms with van der Waals surface area (Å²) in [4.78, 5) is 20.7. The molecule has 2 aliphatic rings. The summed E-state index contributed by atoms with van der Waals surface area (Å²) in [7, 11) is 0. The second kappa shape index (κ2) is 6.45. The molecular weight excluding hydrogens is 336 g/mol. The number of hydrogen-bond acceptors (Lipinski definition) is 4. The summed E-state index contributed by atoms with van der Waals surface area (Å²) in [5.74, 6) is 0.181. The van der Waals surface area contributed by atoms with Crippen molar-refractivity contribution in [1.29, 1.82) is 0 Å². The first kappa shape index (κ1) is 16.0. The Bertz CT molecular complexity index is 762. The fourth-order valence-electron chi connectivity index (χ4n) is 3.94. The predicted molar refractivity (Wildman–Crippen MR) is 101 cm³/mol. The molecule has 4 rings (SSSR count). The van der Waals surface area contributed by atoms with Gasteiger partial charge in [0, 0.05) is 24.0 Å². The van der Waals surface area contributed by atoms with Gasteiger partial charge in [-0.1, -0.05) is 12.2 Å². The Morgan fingerprint density at radius 2 is 2.25 bits per heavy atom. The van der Waals surface area contributed by atoms with Crippen LogP contribution in [0.4, 0.5) is 0 Å². The lowest BCUT2D eigenvalue weighted by atomic mass is 9.71. The molecule has 0 aromatic carbocycles. The largest absolute Gasteiger partial charge is 0.337 e. The van der Waals surface area contributed by atoms with Crippen molar-refractivity contribution in [1.82, 2.24) is 9.88 Å². The summed E-state index contributed by atoms with van der Waals surface area (Å²) in [6.45, 7) is 3.75. The normalized spacial score (nSPS) is 23.8. The minimum atomic E-state index is 0.181. The van der Waals surface area contributed by atoms with E-state index in [-0.39, 0.29) is 5.91 Å². The molecule has 1 amide bonds. The van der Waals surface area contributed by atoms with Crippen LogP contribution in [0.1, 0.15) is 47.5 Å². The number of hydrogen-bond donors (Lipinski definition) is 0. The van der Waals surface area contributed by atoms with Crippen LogP contribution >= 0.6 is 22.7 Å². The maximum Gasteiger partial charge on any atom is 0.265 e. The van der Waals surface area contributed by atoms with E-state index in [4.69, 9.17) is 0 Å². The van der Waals surface area contributed by atoms with E-state index in [1.165, 1.54) is 12.8 Å². The summed E-state index contributed by atoms with van der Waals surface area (Å²) in [6.07, 6.45) is 10.5. The first-order chi connectivity index (χ1) is 11.7. The summed E-state index contributed by atoms with van der Waals surface area (Å²) >= 11 is 3.21. The van der Waals surface area contributed by atoms with Crippen LogP contribution in [-0.4, -0.2) is 28.9 Å². The zero-order chi connectivity index (χ0) is 16.6. The molecule has 0 saturated carbocycles. The van der Waals surface area contributed by atoms with Crippen molar-refractivity contribution in [2.24, 2.45) is 5.41 Å². The average Bonchev–Trinajstić information content (AvgIpc) is 3.24. The molecule has 1 fully saturated rings. The Kier molecular flexibility index (Phi) is 4.31. The number of thiophene rings is 1. The van der Waals surface area contributed by atoms with Crippen molar-refractivity contribution >= 4 is 28.6 Å². The van der Waals surface area contributed by atoms with Crippen molar-refractivity contribution in [2.45, 2.75) is 39.0 Å². The minimum absolute atomic E-state index is 0.181. The Hall–Kier alpha value is -1.46. The van der Waals surface area contributed by atoms with Crippen LogP contribution in [0, 0.1) is 12.3 Å². The highest BCUT2D eigenvalue weighted by Crippen LogP contribution is 2.41. The fourth-order valence-corrected chi connectivity index (χ4v) is 5.69. The second-order valence-electron chi connectivity index (χ2n) is 6.99. The van der Waals surface area contributed by atoms with Crippen molar-refractivity contribution in [3.05, 3.63) is 39.5 Å². The molecule has 1 spiro atoms. The Morgan fingerprint density at radius 3 is 3.00 bits per heavy atom. The molecule has 0 N–H and O–H groups in total. The maximum atomic E-state index is 13.1. The molecule has 3 heterocycles. The SMILES string of the molecule is Cc1nc(-c2ccsc2)sc1C(=O)N1CCCC2(CC=CCC2)C1. The van der Waals surface area contributed by atoms with Crippen LogP contribution in [0.3, 0.4) is 0 Å². The number of rotatable bonds is 2. The third-order valence-corrected chi connectivity index (χ3v) is 7.14. The van der Waals surface area contributed by atoms with Crippen molar-refractivity contribution in [3.8, 4) is 10.6 Å². The lowest BCUT2D eigenvalue weighted by molar-refractivity contribution is 0.0488. The van der Waals surface area contributed by atoms with Gasteiger partial charge in [0.05, 0.1) is 5.69 Å². The van der Waals surface area contributed by atoms with Crippen LogP contribution in [-0.2, 0) is 0 Å². The molecule has 1 aliphatic heterocycles. The quantitative estimate of drug-likeness (QED) is 0.696. The molecule has 1 aliphatic carbocycles. The summed E-state index contributed by atoms with van der Waals surface area (Å²) < 4.78 is 0. The fraction of sp³-hybridized carbons (Fsp3) is 0.474. The summed E-state index contributed by atoms with van der Waals surface area (Å²) in [6, 6.07) is 2.07. The highest BCUT2D eigenvalue weighted by atomic mass is 32.1. The Balaban J connectivity index is 1.56. The highest BCUT2D eigenvalue weighted by Gasteiger charge is 2.37. The van der Waals surface area contributed by atoms with Crippen LogP contribution in [0.5, 0.6) is 0 Å². The molecule has 0 radical (unpaired) electrons. The molecule has 2 aromatic heterocycles. The smallest absolute Gasteiger partial charge is 0.265 e. The standard InChI is InChI=1S/C19H22N2OS2/c1-14-16(24-17(20-14)15-6-11-23-12-15)18(22)21-10-5-9-19(13-21)7-3-2-4-8-19/h2-3,6,11-12H,4-5,7-10,13H2,1H3. The van der Waals surface area contributed by atoms with Gasteiger partial charge in [-0.05, 0) is 55.9 Å². The van der Waals surface area contributed by atoms with Crippen LogP contribution in [0.15, 0.2) is 29.0 Å². The summed E-state index contributed by atoms with van der Waals surface area (Å²) in [5, 5.41) is 5.11. The van der Waals surface area contributed by atoms with Gasteiger partial charge in [0.15, 0.2) is 0 Å². The van der Waals surface area contributed by atoms with Gasteiger partial charge in [0.25, 0.3) is 5.91 Å². The van der Waals surface area contributed by atoms with Gasteiger partial charge >= 0.3 is 0 Å². The van der Waals surface area contributed by atoms with E-state index < -0.39 is 0 Å². The van der Waals surface area contributed by atoms with Gasteiger partial charge in [-0.2, -0.15) is 11.3 Å². The molecule has 1 atom stereocenters. The van der Waals surface area contributed by atoms with E-state index in [0.29, 0.717) is 5.41 Å². The molecule has 24 heavy (non-hydrogen) atoms. The predicted octanol–water partition coefficient (Wildman–Crippen LogP) is 5.14. The molecule has 126 valence electrons. The number of amides is 1. The van der Waals surface area contributed by atoms with E-state index in [1.54, 1.807) is 22.7 Å². The van der Waals surface area contributed by atoms with Crippen molar-refractivity contribution < 1.29 is 4.79 Å². The van der Waals surface area contributed by atoms with E-state index >= 15 is 0 Å². The van der Waals surface area contributed by atoms with E-state index in [0.717, 1.165) is 53.5 Å². The number of thiazole rings is 1. The number of nitrogens with zero attached hydrogens (tertiary/aromatic N) is 2. The molecule has 0 bridgehead atoms. The zero-order valence-corrected chi connectivity index (χ0v) is 15.6. The maximum absolute atomic E-state index is 13.1. The second-order valence-corrected chi connectivity index (χ2v) is 8.77. The highest BCUT2D eigenvalue weighted by molar-refractivity contribution is 7.17.